The van der Waals surface area contributed by atoms with Gasteiger partial charge in [-0.2, -0.15) is 0 Å². The third-order valence-electron chi connectivity index (χ3n) is 4.68. The topological polar surface area (TPSA) is 59.4 Å². The van der Waals surface area contributed by atoms with Gasteiger partial charge >= 0.3 is 0 Å². The Kier molecular flexibility index (Phi) is 3.11. The molecule has 1 heterocycles. The first-order chi connectivity index (χ1) is 9.16. The monoisotopic (exact) mass is 259 g/mol. The minimum absolute atomic E-state index is 0.188. The van der Waals surface area contributed by atoms with E-state index in [1.54, 1.807) is 6.26 Å². The minimum Gasteiger partial charge on any atom is -0.464 e. The van der Waals surface area contributed by atoms with Gasteiger partial charge in [0.05, 0.1) is 12.4 Å². The van der Waals surface area contributed by atoms with E-state index in [0.29, 0.717) is 12.5 Å². The first-order valence-corrected chi connectivity index (χ1v) is 7.00. The third kappa shape index (κ3) is 1.97. The molecular weight excluding hydrogens is 238 g/mol. The van der Waals surface area contributed by atoms with E-state index in [1.165, 1.54) is 0 Å². The SMILES string of the molecule is CC1CCC(CN)(C(O)c2coc3ccccc23)C1. The number of fused-ring (bicyclic) bond motifs is 1. The molecular formula is C16H21NO2. The fourth-order valence-corrected chi connectivity index (χ4v) is 3.52. The lowest BCUT2D eigenvalue weighted by molar-refractivity contribution is 0.0313. The van der Waals surface area contributed by atoms with Gasteiger partial charge in [0, 0.05) is 22.9 Å². The van der Waals surface area contributed by atoms with E-state index in [4.69, 9.17) is 10.2 Å². The van der Waals surface area contributed by atoms with Crippen LogP contribution in [0.5, 0.6) is 0 Å². The van der Waals surface area contributed by atoms with Crippen LogP contribution >= 0.6 is 0 Å². The van der Waals surface area contributed by atoms with Gasteiger partial charge in [0.15, 0.2) is 0 Å². The van der Waals surface area contributed by atoms with Gasteiger partial charge in [-0.25, -0.2) is 0 Å². The number of nitrogens with two attached hydrogens (primary N) is 1. The lowest BCUT2D eigenvalue weighted by Crippen LogP contribution is -2.34. The second-order valence-corrected chi connectivity index (χ2v) is 6.00. The summed E-state index contributed by atoms with van der Waals surface area (Å²) in [6, 6.07) is 7.84. The Bertz CT molecular complexity index is 577. The highest BCUT2D eigenvalue weighted by molar-refractivity contribution is 5.81. The zero-order chi connectivity index (χ0) is 13.5. The molecule has 102 valence electrons. The second-order valence-electron chi connectivity index (χ2n) is 6.00. The van der Waals surface area contributed by atoms with Crippen LogP contribution < -0.4 is 5.73 Å². The van der Waals surface area contributed by atoms with Gasteiger partial charge in [-0.15, -0.1) is 0 Å². The Morgan fingerprint density at radius 3 is 2.95 bits per heavy atom. The van der Waals surface area contributed by atoms with Crippen molar-refractivity contribution < 1.29 is 9.52 Å². The average molecular weight is 259 g/mol. The maximum Gasteiger partial charge on any atom is 0.134 e. The van der Waals surface area contributed by atoms with E-state index in [9.17, 15) is 5.11 Å². The second kappa shape index (κ2) is 4.66. The summed E-state index contributed by atoms with van der Waals surface area (Å²) in [6.45, 7) is 2.76. The van der Waals surface area contributed by atoms with Gasteiger partial charge in [-0.05, 0) is 24.8 Å². The summed E-state index contributed by atoms with van der Waals surface area (Å²) in [5.74, 6) is 0.636. The zero-order valence-electron chi connectivity index (χ0n) is 11.3. The first kappa shape index (κ1) is 12.7. The molecule has 0 aliphatic heterocycles. The van der Waals surface area contributed by atoms with Gasteiger partial charge < -0.3 is 15.3 Å². The van der Waals surface area contributed by atoms with Crippen molar-refractivity contribution in [2.24, 2.45) is 17.1 Å². The van der Waals surface area contributed by atoms with Gasteiger partial charge in [0.1, 0.15) is 5.58 Å². The Hall–Kier alpha value is -1.32. The number of hydrogen-bond acceptors (Lipinski definition) is 3. The van der Waals surface area contributed by atoms with E-state index in [-0.39, 0.29) is 5.41 Å². The van der Waals surface area contributed by atoms with Crippen molar-refractivity contribution in [3.8, 4) is 0 Å². The van der Waals surface area contributed by atoms with Crippen LogP contribution in [0.1, 0.15) is 37.9 Å². The number of benzene rings is 1. The highest BCUT2D eigenvalue weighted by Gasteiger charge is 2.43. The molecule has 1 saturated carbocycles. The standard InChI is InChI=1S/C16H21NO2/c1-11-6-7-16(8-11,10-17)15(18)13-9-19-14-5-3-2-4-12(13)14/h2-5,9,11,15,18H,6-8,10,17H2,1H3. The molecule has 3 rings (SSSR count). The number of para-hydroxylation sites is 1. The smallest absolute Gasteiger partial charge is 0.134 e. The highest BCUT2D eigenvalue weighted by atomic mass is 16.3. The zero-order valence-corrected chi connectivity index (χ0v) is 11.3. The minimum atomic E-state index is -0.536. The number of aliphatic hydroxyl groups is 1. The average Bonchev–Trinajstić information content (AvgIpc) is 3.02. The molecule has 0 saturated heterocycles. The fourth-order valence-electron chi connectivity index (χ4n) is 3.52. The van der Waals surface area contributed by atoms with E-state index in [2.05, 4.69) is 6.92 Å². The largest absolute Gasteiger partial charge is 0.464 e. The molecule has 0 radical (unpaired) electrons. The van der Waals surface area contributed by atoms with Crippen LogP contribution in [0.25, 0.3) is 11.0 Å². The molecule has 0 spiro atoms. The molecule has 1 aromatic heterocycles. The summed E-state index contributed by atoms with van der Waals surface area (Å²) in [5.41, 5.74) is 7.52. The summed E-state index contributed by atoms with van der Waals surface area (Å²) >= 11 is 0. The molecule has 1 fully saturated rings. The van der Waals surface area contributed by atoms with Crippen molar-refractivity contribution in [2.75, 3.05) is 6.54 Å². The lowest BCUT2D eigenvalue weighted by atomic mass is 9.77. The van der Waals surface area contributed by atoms with E-state index in [1.807, 2.05) is 24.3 Å². The number of rotatable bonds is 3. The molecule has 3 unspecified atom stereocenters. The van der Waals surface area contributed by atoms with Gasteiger partial charge in [0.2, 0.25) is 0 Å². The normalized spacial score (nSPS) is 28.9. The number of aliphatic hydroxyl groups excluding tert-OH is 1. The Labute approximate surface area is 113 Å². The summed E-state index contributed by atoms with van der Waals surface area (Å²) < 4.78 is 5.55. The van der Waals surface area contributed by atoms with Crippen LogP contribution in [0.15, 0.2) is 34.9 Å². The van der Waals surface area contributed by atoms with Crippen LogP contribution in [0.4, 0.5) is 0 Å². The van der Waals surface area contributed by atoms with Crippen LogP contribution in [0.3, 0.4) is 0 Å². The van der Waals surface area contributed by atoms with E-state index >= 15 is 0 Å². The van der Waals surface area contributed by atoms with Gasteiger partial charge in [0.25, 0.3) is 0 Å². The Morgan fingerprint density at radius 1 is 1.47 bits per heavy atom. The molecule has 2 aromatic rings. The number of hydrogen-bond donors (Lipinski definition) is 2. The predicted octanol–water partition coefficient (Wildman–Crippen LogP) is 3.23. The summed E-state index contributed by atoms with van der Waals surface area (Å²) in [5, 5.41) is 11.8. The Balaban J connectivity index is 2.01. The Morgan fingerprint density at radius 2 is 2.26 bits per heavy atom. The van der Waals surface area contributed by atoms with Crippen LogP contribution in [-0.2, 0) is 0 Å². The van der Waals surface area contributed by atoms with E-state index in [0.717, 1.165) is 35.8 Å². The summed E-state index contributed by atoms with van der Waals surface area (Å²) in [6.07, 6.45) is 4.28. The molecule has 0 amide bonds. The van der Waals surface area contributed by atoms with Crippen LogP contribution in [-0.4, -0.2) is 11.7 Å². The van der Waals surface area contributed by atoms with Crippen molar-refractivity contribution in [3.05, 3.63) is 36.1 Å². The molecule has 3 N–H and O–H groups in total. The molecule has 19 heavy (non-hydrogen) atoms. The van der Waals surface area contributed by atoms with Crippen molar-refractivity contribution in [2.45, 2.75) is 32.3 Å². The quantitative estimate of drug-likeness (QED) is 0.889. The molecule has 3 atom stereocenters. The number of furan rings is 1. The predicted molar refractivity (Wildman–Crippen MR) is 75.7 cm³/mol. The van der Waals surface area contributed by atoms with Crippen molar-refractivity contribution in [1.82, 2.24) is 0 Å². The molecule has 0 bridgehead atoms. The lowest BCUT2D eigenvalue weighted by Gasteiger charge is -2.33. The molecule has 1 aromatic carbocycles. The van der Waals surface area contributed by atoms with Crippen molar-refractivity contribution in [1.29, 1.82) is 0 Å². The first-order valence-electron chi connectivity index (χ1n) is 7.00. The maximum atomic E-state index is 10.8. The molecule has 1 aliphatic rings. The molecule has 3 heteroatoms. The van der Waals surface area contributed by atoms with Gasteiger partial charge in [-0.3, -0.25) is 0 Å². The van der Waals surface area contributed by atoms with Crippen LogP contribution in [0, 0.1) is 11.3 Å². The molecule has 3 nitrogen and oxygen atoms in total. The van der Waals surface area contributed by atoms with Crippen molar-refractivity contribution >= 4 is 11.0 Å². The van der Waals surface area contributed by atoms with Crippen LogP contribution in [0.2, 0.25) is 0 Å². The van der Waals surface area contributed by atoms with E-state index < -0.39 is 6.10 Å². The highest BCUT2D eigenvalue weighted by Crippen LogP contribution is 2.50. The maximum absolute atomic E-state index is 10.8. The van der Waals surface area contributed by atoms with Crippen molar-refractivity contribution in [3.63, 3.8) is 0 Å². The molecule has 1 aliphatic carbocycles. The summed E-state index contributed by atoms with van der Waals surface area (Å²) in [4.78, 5) is 0. The fraction of sp³-hybridized carbons (Fsp3) is 0.500. The third-order valence-corrected chi connectivity index (χ3v) is 4.68. The van der Waals surface area contributed by atoms with Gasteiger partial charge in [-0.1, -0.05) is 31.5 Å². The summed E-state index contributed by atoms with van der Waals surface area (Å²) in [7, 11) is 0.